The summed E-state index contributed by atoms with van der Waals surface area (Å²) in [5, 5.41) is 7.86. The van der Waals surface area contributed by atoms with Gasteiger partial charge in [0.15, 0.2) is 11.5 Å². The van der Waals surface area contributed by atoms with Crippen LogP contribution in [-0.4, -0.2) is 26.7 Å². The molecular formula is C20H26Cl2N2O2. The lowest BCUT2D eigenvalue weighted by Gasteiger charge is -2.16. The highest BCUT2D eigenvalue weighted by atomic mass is 35.5. The van der Waals surface area contributed by atoms with E-state index in [2.05, 4.69) is 10.6 Å². The third-order valence-electron chi connectivity index (χ3n) is 3.85. The van der Waals surface area contributed by atoms with E-state index in [0.717, 1.165) is 30.6 Å². The summed E-state index contributed by atoms with van der Waals surface area (Å²) in [6.45, 7) is 5.46. The number of rotatable bonds is 11. The molecule has 0 saturated heterocycles. The first-order valence-corrected chi connectivity index (χ1v) is 9.58. The summed E-state index contributed by atoms with van der Waals surface area (Å²) < 4.78 is 11.7. The quantitative estimate of drug-likeness (QED) is 0.541. The van der Waals surface area contributed by atoms with Crippen LogP contribution in [0.25, 0.3) is 0 Å². The van der Waals surface area contributed by atoms with Crippen molar-refractivity contribution in [3.63, 3.8) is 0 Å². The Morgan fingerprint density at radius 1 is 0.923 bits per heavy atom. The van der Waals surface area contributed by atoms with Gasteiger partial charge in [-0.25, -0.2) is 0 Å². The zero-order chi connectivity index (χ0) is 18.8. The van der Waals surface area contributed by atoms with Gasteiger partial charge in [-0.3, -0.25) is 0 Å². The monoisotopic (exact) mass is 396 g/mol. The van der Waals surface area contributed by atoms with Gasteiger partial charge in [0.25, 0.3) is 0 Å². The average Bonchev–Trinajstić information content (AvgIpc) is 2.63. The van der Waals surface area contributed by atoms with E-state index >= 15 is 0 Å². The molecule has 0 unspecified atom stereocenters. The van der Waals surface area contributed by atoms with E-state index in [-0.39, 0.29) is 0 Å². The molecule has 2 aromatic rings. The zero-order valence-corrected chi connectivity index (χ0v) is 16.8. The van der Waals surface area contributed by atoms with Gasteiger partial charge in [-0.1, -0.05) is 41.4 Å². The number of hydrogen-bond donors (Lipinski definition) is 2. The molecule has 0 atom stereocenters. The Morgan fingerprint density at radius 3 is 2.42 bits per heavy atom. The van der Waals surface area contributed by atoms with Crippen molar-refractivity contribution in [2.75, 3.05) is 26.7 Å². The molecular weight excluding hydrogens is 371 g/mol. The summed E-state index contributed by atoms with van der Waals surface area (Å²) in [5.41, 5.74) is 1.91. The van der Waals surface area contributed by atoms with Crippen LogP contribution in [0.1, 0.15) is 24.5 Å². The second-order valence-corrected chi connectivity index (χ2v) is 6.65. The molecule has 0 heterocycles. The van der Waals surface area contributed by atoms with Crippen molar-refractivity contribution >= 4 is 23.2 Å². The van der Waals surface area contributed by atoms with Crippen molar-refractivity contribution in [2.24, 2.45) is 0 Å². The van der Waals surface area contributed by atoms with Crippen LogP contribution in [-0.2, 0) is 13.2 Å². The number of halogens is 2. The number of ether oxygens (including phenoxy) is 2. The molecule has 0 aromatic heterocycles. The smallest absolute Gasteiger partial charge is 0.163 e. The summed E-state index contributed by atoms with van der Waals surface area (Å²) in [4.78, 5) is 0. The number of nitrogens with one attached hydrogen (secondary N) is 2. The van der Waals surface area contributed by atoms with E-state index in [9.17, 15) is 0 Å². The summed E-state index contributed by atoms with van der Waals surface area (Å²) in [6.07, 6.45) is 1.06. The molecule has 0 radical (unpaired) electrons. The van der Waals surface area contributed by atoms with E-state index in [1.54, 1.807) is 0 Å². The minimum Gasteiger partial charge on any atom is -0.490 e. The van der Waals surface area contributed by atoms with Gasteiger partial charge in [-0.05, 0) is 51.2 Å². The van der Waals surface area contributed by atoms with Gasteiger partial charge in [0.1, 0.15) is 6.61 Å². The van der Waals surface area contributed by atoms with Crippen LogP contribution < -0.4 is 20.1 Å². The molecule has 2 aromatic carbocycles. The molecule has 4 nitrogen and oxygen atoms in total. The molecule has 0 amide bonds. The van der Waals surface area contributed by atoms with Crippen molar-refractivity contribution in [3.8, 4) is 11.5 Å². The Bertz CT molecular complexity index is 696. The molecule has 0 aliphatic carbocycles. The van der Waals surface area contributed by atoms with E-state index in [4.69, 9.17) is 32.7 Å². The third kappa shape index (κ3) is 6.36. The van der Waals surface area contributed by atoms with Gasteiger partial charge in [0.05, 0.1) is 6.61 Å². The standard InChI is InChI=1S/C20H26Cl2N2O2/c1-3-25-19-11-16(13-24-10-6-9-23-2)18(22)12-20(19)26-14-15-7-4-5-8-17(15)21/h4-5,7-8,11-12,23-24H,3,6,9-10,13-14H2,1-2H3. The van der Waals surface area contributed by atoms with Crippen molar-refractivity contribution in [3.05, 3.63) is 57.6 Å². The second-order valence-electron chi connectivity index (χ2n) is 5.84. The van der Waals surface area contributed by atoms with Crippen molar-refractivity contribution in [1.29, 1.82) is 0 Å². The Hall–Kier alpha value is -1.46. The molecule has 0 fully saturated rings. The molecule has 142 valence electrons. The average molecular weight is 397 g/mol. The highest BCUT2D eigenvalue weighted by Gasteiger charge is 2.12. The molecule has 26 heavy (non-hydrogen) atoms. The minimum absolute atomic E-state index is 0.359. The van der Waals surface area contributed by atoms with Crippen LogP contribution in [0.3, 0.4) is 0 Å². The maximum absolute atomic E-state index is 6.44. The third-order valence-corrected chi connectivity index (χ3v) is 4.57. The van der Waals surface area contributed by atoms with Crippen LogP contribution in [0.2, 0.25) is 10.0 Å². The Morgan fingerprint density at radius 2 is 1.69 bits per heavy atom. The molecule has 0 spiro atoms. The van der Waals surface area contributed by atoms with Crippen LogP contribution >= 0.6 is 23.2 Å². The minimum atomic E-state index is 0.359. The predicted octanol–water partition coefficient (Wildman–Crippen LogP) is 4.67. The van der Waals surface area contributed by atoms with Gasteiger partial charge >= 0.3 is 0 Å². The highest BCUT2D eigenvalue weighted by molar-refractivity contribution is 6.31. The summed E-state index contributed by atoms with van der Waals surface area (Å²) in [6, 6.07) is 11.4. The van der Waals surface area contributed by atoms with Crippen molar-refractivity contribution < 1.29 is 9.47 Å². The summed E-state index contributed by atoms with van der Waals surface area (Å²) in [7, 11) is 1.95. The lowest BCUT2D eigenvalue weighted by molar-refractivity contribution is 0.269. The van der Waals surface area contributed by atoms with Crippen LogP contribution in [0, 0.1) is 0 Å². The number of benzene rings is 2. The molecule has 0 bridgehead atoms. The molecule has 0 saturated carbocycles. The van der Waals surface area contributed by atoms with Crippen molar-refractivity contribution in [2.45, 2.75) is 26.5 Å². The van der Waals surface area contributed by atoms with Gasteiger partial charge < -0.3 is 20.1 Å². The normalized spacial score (nSPS) is 10.8. The second kappa shape index (κ2) is 11.3. The van der Waals surface area contributed by atoms with E-state index < -0.39 is 0 Å². The first-order chi connectivity index (χ1) is 12.7. The Balaban J connectivity index is 2.06. The van der Waals surface area contributed by atoms with E-state index in [0.29, 0.717) is 41.3 Å². The first-order valence-electron chi connectivity index (χ1n) is 8.82. The van der Waals surface area contributed by atoms with Gasteiger partial charge in [-0.15, -0.1) is 0 Å². The fourth-order valence-electron chi connectivity index (χ4n) is 2.48. The fourth-order valence-corrected chi connectivity index (χ4v) is 2.89. The van der Waals surface area contributed by atoms with E-state index in [1.807, 2.05) is 50.4 Å². The van der Waals surface area contributed by atoms with Gasteiger partial charge in [0.2, 0.25) is 0 Å². The largest absolute Gasteiger partial charge is 0.490 e. The van der Waals surface area contributed by atoms with Crippen molar-refractivity contribution in [1.82, 2.24) is 10.6 Å². The highest BCUT2D eigenvalue weighted by Crippen LogP contribution is 2.34. The lowest BCUT2D eigenvalue weighted by Crippen LogP contribution is -2.19. The maximum atomic E-state index is 6.44. The summed E-state index contributed by atoms with van der Waals surface area (Å²) >= 11 is 12.6. The predicted molar refractivity (Wildman–Crippen MR) is 109 cm³/mol. The molecule has 2 rings (SSSR count). The maximum Gasteiger partial charge on any atom is 0.163 e. The first kappa shape index (κ1) is 20.8. The molecule has 0 aliphatic heterocycles. The van der Waals surface area contributed by atoms with Crippen LogP contribution in [0.4, 0.5) is 0 Å². The summed E-state index contributed by atoms with van der Waals surface area (Å²) in [5.74, 6) is 1.31. The fraction of sp³-hybridized carbons (Fsp3) is 0.400. The van der Waals surface area contributed by atoms with Gasteiger partial charge in [0, 0.05) is 28.2 Å². The Labute approximate surface area is 165 Å². The zero-order valence-electron chi connectivity index (χ0n) is 15.3. The van der Waals surface area contributed by atoms with Crippen LogP contribution in [0.15, 0.2) is 36.4 Å². The molecule has 6 heteroatoms. The number of hydrogen-bond acceptors (Lipinski definition) is 4. The molecule has 0 aliphatic rings. The lowest BCUT2D eigenvalue weighted by atomic mass is 10.2. The van der Waals surface area contributed by atoms with Gasteiger partial charge in [-0.2, -0.15) is 0 Å². The van der Waals surface area contributed by atoms with Crippen LogP contribution in [0.5, 0.6) is 11.5 Å². The Kier molecular flexibility index (Phi) is 9.06. The molecule has 2 N–H and O–H groups in total. The SMILES string of the molecule is CCOc1cc(CNCCCNC)c(Cl)cc1OCc1ccccc1Cl. The van der Waals surface area contributed by atoms with E-state index in [1.165, 1.54) is 0 Å². The topological polar surface area (TPSA) is 42.5 Å².